The van der Waals surface area contributed by atoms with Gasteiger partial charge in [-0.25, -0.2) is 0 Å². The van der Waals surface area contributed by atoms with E-state index in [0.29, 0.717) is 5.41 Å². The van der Waals surface area contributed by atoms with E-state index in [0.717, 1.165) is 32.2 Å². The van der Waals surface area contributed by atoms with Gasteiger partial charge >= 0.3 is 5.97 Å². The van der Waals surface area contributed by atoms with Crippen molar-refractivity contribution in [1.82, 2.24) is 0 Å². The summed E-state index contributed by atoms with van der Waals surface area (Å²) in [5.74, 6) is -0.0126. The maximum Gasteiger partial charge on any atom is 0.311 e. The van der Waals surface area contributed by atoms with E-state index < -0.39 is 0 Å². The molecule has 3 rings (SSSR count). The van der Waals surface area contributed by atoms with Gasteiger partial charge in [0.25, 0.3) is 0 Å². The highest BCUT2D eigenvalue weighted by Crippen LogP contribution is 2.74. The lowest BCUT2D eigenvalue weighted by molar-refractivity contribution is -0.226. The highest BCUT2D eigenvalue weighted by atomic mass is 16.5. The molecule has 3 nitrogen and oxygen atoms in total. The molecule has 0 aromatic rings. The summed E-state index contributed by atoms with van der Waals surface area (Å²) in [6.45, 7) is 0.747. The third-order valence-corrected chi connectivity index (χ3v) is 3.43. The quantitative estimate of drug-likeness (QED) is 0.632. The molecule has 2 N–H and O–H groups in total. The fourth-order valence-corrected chi connectivity index (χ4v) is 3.00. The summed E-state index contributed by atoms with van der Waals surface area (Å²) in [5.41, 5.74) is 5.84. The van der Waals surface area contributed by atoms with Crippen molar-refractivity contribution in [2.45, 2.75) is 25.7 Å². The van der Waals surface area contributed by atoms with Crippen LogP contribution in [0.5, 0.6) is 0 Å². The number of ether oxygens (including phenoxy) is 1. The molecule has 0 amide bonds. The molecule has 0 unspecified atom stereocenters. The number of carbonyl (C=O) groups is 1. The Bertz CT molecular complexity index is 205. The summed E-state index contributed by atoms with van der Waals surface area (Å²) in [5, 5.41) is 0. The maximum absolute atomic E-state index is 11.2. The zero-order valence-electron chi connectivity index (χ0n) is 7.43. The van der Waals surface area contributed by atoms with Crippen molar-refractivity contribution < 1.29 is 9.53 Å². The van der Waals surface area contributed by atoms with Crippen LogP contribution in [0.15, 0.2) is 0 Å². The maximum atomic E-state index is 11.2. The first-order valence-corrected chi connectivity index (χ1v) is 4.45. The van der Waals surface area contributed by atoms with Crippen LogP contribution in [0.4, 0.5) is 0 Å². The van der Waals surface area contributed by atoms with Crippen LogP contribution in [0.1, 0.15) is 25.7 Å². The Morgan fingerprint density at radius 3 is 2.50 bits per heavy atom. The first kappa shape index (κ1) is 8.05. The van der Waals surface area contributed by atoms with Crippen LogP contribution in [-0.2, 0) is 9.53 Å². The van der Waals surface area contributed by atoms with Crippen LogP contribution in [0.2, 0.25) is 0 Å². The molecule has 3 fully saturated rings. The minimum absolute atomic E-state index is 0.0126. The summed E-state index contributed by atoms with van der Waals surface area (Å²) >= 11 is 0. The summed E-state index contributed by atoms with van der Waals surface area (Å²) < 4.78 is 4.75. The highest BCUT2D eigenvalue weighted by Gasteiger charge is 2.71. The third kappa shape index (κ3) is 0.774. The van der Waals surface area contributed by atoms with Gasteiger partial charge in [-0.15, -0.1) is 0 Å². The van der Waals surface area contributed by atoms with Crippen molar-refractivity contribution in [2.75, 3.05) is 13.7 Å². The average Bonchev–Trinajstić information content (AvgIpc) is 1.92. The van der Waals surface area contributed by atoms with Gasteiger partial charge in [-0.3, -0.25) is 4.79 Å². The topological polar surface area (TPSA) is 52.3 Å². The second-order valence-electron chi connectivity index (χ2n) is 4.34. The fraction of sp³-hybridized carbons (Fsp3) is 0.889. The molecule has 0 aromatic carbocycles. The van der Waals surface area contributed by atoms with Gasteiger partial charge in [0.15, 0.2) is 0 Å². The standard InChI is InChI=1S/C9H15NO2/c1-12-7(11)9-4-8(5-9,6-9)2-3-10/h2-6,10H2,1H3. The molecule has 68 valence electrons. The molecule has 2 bridgehead atoms. The molecule has 0 radical (unpaired) electrons. The molecule has 3 aliphatic rings. The fourth-order valence-electron chi connectivity index (χ4n) is 3.00. The zero-order chi connectivity index (χ0) is 8.82. The Balaban J connectivity index is 1.91. The lowest BCUT2D eigenvalue weighted by Gasteiger charge is -2.68. The number of methoxy groups -OCH3 is 1. The van der Waals surface area contributed by atoms with E-state index in [1.807, 2.05) is 0 Å². The van der Waals surface area contributed by atoms with E-state index in [-0.39, 0.29) is 11.4 Å². The number of hydrogen-bond donors (Lipinski definition) is 1. The van der Waals surface area contributed by atoms with Gasteiger partial charge in [0.1, 0.15) is 0 Å². The smallest absolute Gasteiger partial charge is 0.311 e. The zero-order valence-corrected chi connectivity index (χ0v) is 7.43. The predicted octanol–water partition coefficient (Wildman–Crippen LogP) is 0.678. The number of nitrogens with two attached hydrogens (primary N) is 1. The molecule has 0 spiro atoms. The van der Waals surface area contributed by atoms with E-state index in [4.69, 9.17) is 10.5 Å². The average molecular weight is 169 g/mol. The second-order valence-corrected chi connectivity index (χ2v) is 4.34. The Morgan fingerprint density at radius 2 is 2.08 bits per heavy atom. The molecule has 3 saturated carbocycles. The Hall–Kier alpha value is -0.570. The van der Waals surface area contributed by atoms with Crippen LogP contribution >= 0.6 is 0 Å². The summed E-state index contributed by atoms with van der Waals surface area (Å²) in [6.07, 6.45) is 4.13. The molecule has 0 atom stereocenters. The summed E-state index contributed by atoms with van der Waals surface area (Å²) in [4.78, 5) is 11.2. The van der Waals surface area contributed by atoms with Crippen LogP contribution in [0.25, 0.3) is 0 Å². The van der Waals surface area contributed by atoms with Crippen molar-refractivity contribution in [3.05, 3.63) is 0 Å². The number of hydrogen-bond acceptors (Lipinski definition) is 3. The van der Waals surface area contributed by atoms with Crippen LogP contribution < -0.4 is 5.73 Å². The molecular weight excluding hydrogens is 154 g/mol. The van der Waals surface area contributed by atoms with Gasteiger partial charge in [0.05, 0.1) is 12.5 Å². The number of rotatable bonds is 3. The van der Waals surface area contributed by atoms with Crippen LogP contribution in [0.3, 0.4) is 0 Å². The first-order valence-electron chi connectivity index (χ1n) is 4.45. The van der Waals surface area contributed by atoms with Gasteiger partial charge in [0, 0.05) is 0 Å². The van der Waals surface area contributed by atoms with Crippen molar-refractivity contribution >= 4 is 5.97 Å². The molecule has 3 aliphatic carbocycles. The van der Waals surface area contributed by atoms with Crippen molar-refractivity contribution in [2.24, 2.45) is 16.6 Å². The van der Waals surface area contributed by atoms with Gasteiger partial charge in [-0.2, -0.15) is 0 Å². The summed E-state index contributed by atoms with van der Waals surface area (Å²) in [6, 6.07) is 0. The SMILES string of the molecule is COC(=O)C12CC(CCN)(C1)C2. The van der Waals surface area contributed by atoms with Gasteiger partial charge in [-0.05, 0) is 37.6 Å². The minimum atomic E-state index is -0.0794. The third-order valence-electron chi connectivity index (χ3n) is 3.43. The van der Waals surface area contributed by atoms with Crippen molar-refractivity contribution in [3.63, 3.8) is 0 Å². The Labute approximate surface area is 72.3 Å². The van der Waals surface area contributed by atoms with E-state index in [1.54, 1.807) is 0 Å². The van der Waals surface area contributed by atoms with Crippen LogP contribution in [0, 0.1) is 10.8 Å². The molecule has 0 heterocycles. The lowest BCUT2D eigenvalue weighted by Crippen LogP contribution is -2.65. The number of carbonyl (C=O) groups excluding carboxylic acids is 1. The normalized spacial score (nSPS) is 42.8. The monoisotopic (exact) mass is 169 g/mol. The van der Waals surface area contributed by atoms with Crippen molar-refractivity contribution in [1.29, 1.82) is 0 Å². The van der Waals surface area contributed by atoms with E-state index in [1.165, 1.54) is 7.11 Å². The molecule has 0 saturated heterocycles. The minimum Gasteiger partial charge on any atom is -0.469 e. The van der Waals surface area contributed by atoms with Gasteiger partial charge in [-0.1, -0.05) is 0 Å². The van der Waals surface area contributed by atoms with Crippen molar-refractivity contribution in [3.8, 4) is 0 Å². The highest BCUT2D eigenvalue weighted by molar-refractivity contribution is 5.81. The van der Waals surface area contributed by atoms with Gasteiger partial charge in [0.2, 0.25) is 0 Å². The van der Waals surface area contributed by atoms with E-state index in [9.17, 15) is 4.79 Å². The molecule has 0 aromatic heterocycles. The lowest BCUT2D eigenvalue weighted by atomic mass is 9.34. The second kappa shape index (κ2) is 2.22. The van der Waals surface area contributed by atoms with Gasteiger partial charge < -0.3 is 10.5 Å². The number of esters is 1. The molecule has 3 heteroatoms. The Morgan fingerprint density at radius 1 is 1.50 bits per heavy atom. The molecule has 12 heavy (non-hydrogen) atoms. The van der Waals surface area contributed by atoms with E-state index >= 15 is 0 Å². The molecular formula is C9H15NO2. The summed E-state index contributed by atoms with van der Waals surface area (Å²) in [7, 11) is 1.47. The van der Waals surface area contributed by atoms with Crippen LogP contribution in [-0.4, -0.2) is 19.6 Å². The Kier molecular flexibility index (Phi) is 1.49. The van der Waals surface area contributed by atoms with E-state index in [2.05, 4.69) is 0 Å². The predicted molar refractivity (Wildman–Crippen MR) is 44.4 cm³/mol. The largest absolute Gasteiger partial charge is 0.469 e. The first-order chi connectivity index (χ1) is 5.66. The molecule has 0 aliphatic heterocycles.